The van der Waals surface area contributed by atoms with Crippen LogP contribution in [0, 0.1) is 13.8 Å². The first-order chi connectivity index (χ1) is 40.5. The number of aromatic nitrogens is 2. The van der Waals surface area contributed by atoms with Crippen molar-refractivity contribution in [1.82, 2.24) is 9.97 Å². The molecule has 1 aliphatic rings. The SMILES string of the molecule is Cc1cnc(N(c2ccc(C(C)(C)C)cc2)c2ccc3c(c2)C(C)(C)c2cc(N(c4ccc(C(C)(C)C)cc4)c4ncc(C)cc4-c4cccc5c4oc4ccccc45)c4c(oc5ccccc54)c2-3)c(-c2cccc3c2oc2ccccc23)c1. The van der Waals surface area contributed by atoms with Crippen LogP contribution in [0.25, 0.3) is 99.2 Å². The van der Waals surface area contributed by atoms with E-state index in [0.29, 0.717) is 0 Å². The fraction of sp³-hybridized carbons (Fsp3) is 0.169. The second-order valence-electron chi connectivity index (χ2n) is 25.6. The van der Waals surface area contributed by atoms with Gasteiger partial charge in [0, 0.05) is 89.6 Å². The Morgan fingerprint density at radius 1 is 0.381 bits per heavy atom. The first kappa shape index (κ1) is 51.2. The van der Waals surface area contributed by atoms with Crippen molar-refractivity contribution in [3.05, 3.63) is 240 Å². The summed E-state index contributed by atoms with van der Waals surface area (Å²) in [6, 6.07) is 70.0. The number of rotatable bonds is 8. The zero-order valence-electron chi connectivity index (χ0n) is 49.1. The van der Waals surface area contributed by atoms with Crippen molar-refractivity contribution >= 4 is 100 Å². The van der Waals surface area contributed by atoms with E-state index in [1.54, 1.807) is 0 Å². The van der Waals surface area contributed by atoms with Crippen LogP contribution in [0.1, 0.15) is 88.8 Å². The zero-order valence-corrected chi connectivity index (χ0v) is 49.1. The molecule has 0 saturated heterocycles. The van der Waals surface area contributed by atoms with Crippen LogP contribution in [0.15, 0.2) is 220 Å². The second-order valence-corrected chi connectivity index (χ2v) is 25.6. The molecule has 0 bridgehead atoms. The molecule has 84 heavy (non-hydrogen) atoms. The van der Waals surface area contributed by atoms with Crippen molar-refractivity contribution in [3.8, 4) is 33.4 Å². The Labute approximate surface area is 489 Å². The predicted molar refractivity (Wildman–Crippen MR) is 349 cm³/mol. The number of anilines is 6. The van der Waals surface area contributed by atoms with Gasteiger partial charge in [0.15, 0.2) is 0 Å². The first-order valence-corrected chi connectivity index (χ1v) is 29.2. The maximum absolute atomic E-state index is 7.29. The molecule has 0 atom stereocenters. The minimum absolute atomic E-state index is 0.0388. The quantitative estimate of drug-likeness (QED) is 0.150. The van der Waals surface area contributed by atoms with Crippen molar-refractivity contribution in [2.24, 2.45) is 0 Å². The monoisotopic (exact) mass is 1090 g/mol. The number of benzene rings is 9. The van der Waals surface area contributed by atoms with Gasteiger partial charge < -0.3 is 13.3 Å². The minimum atomic E-state index is -0.529. The molecule has 7 nitrogen and oxygen atoms in total. The topological polar surface area (TPSA) is 71.7 Å². The van der Waals surface area contributed by atoms with Crippen LogP contribution in [-0.2, 0) is 16.2 Å². The summed E-state index contributed by atoms with van der Waals surface area (Å²) in [7, 11) is 0. The zero-order chi connectivity index (χ0) is 57.6. The molecule has 0 N–H and O–H groups in total. The third-order valence-corrected chi connectivity index (χ3v) is 17.5. The predicted octanol–water partition coefficient (Wildman–Crippen LogP) is 22.0. The van der Waals surface area contributed by atoms with Gasteiger partial charge in [-0.05, 0) is 136 Å². The van der Waals surface area contributed by atoms with Crippen LogP contribution in [0.3, 0.4) is 0 Å². The van der Waals surface area contributed by atoms with Gasteiger partial charge in [0.25, 0.3) is 0 Å². The summed E-state index contributed by atoms with van der Waals surface area (Å²) in [5.74, 6) is 1.59. The molecule has 1 aliphatic carbocycles. The lowest BCUT2D eigenvalue weighted by molar-refractivity contribution is 0.590. The Hall–Kier alpha value is -9.72. The lowest BCUT2D eigenvalue weighted by Gasteiger charge is -2.31. The van der Waals surface area contributed by atoms with Crippen LogP contribution in [0.5, 0.6) is 0 Å². The smallest absolute Gasteiger partial charge is 0.145 e. The van der Waals surface area contributed by atoms with E-state index in [0.717, 1.165) is 150 Å². The Bertz CT molecular complexity index is 4980. The number of para-hydroxylation sites is 5. The van der Waals surface area contributed by atoms with E-state index in [4.69, 9.17) is 23.2 Å². The summed E-state index contributed by atoms with van der Waals surface area (Å²) in [6.07, 6.45) is 3.97. The number of fused-ring (bicyclic) bond motifs is 13. The van der Waals surface area contributed by atoms with Crippen molar-refractivity contribution in [3.63, 3.8) is 0 Å². The van der Waals surface area contributed by atoms with Crippen molar-refractivity contribution in [2.75, 3.05) is 9.80 Å². The molecule has 5 heterocycles. The molecule has 0 fully saturated rings. The van der Waals surface area contributed by atoms with Gasteiger partial charge in [-0.25, -0.2) is 9.97 Å². The Kier molecular flexibility index (Phi) is 11.4. The molecule has 14 aromatic rings. The fourth-order valence-corrected chi connectivity index (χ4v) is 13.2. The second kappa shape index (κ2) is 18.6. The number of pyridine rings is 2. The highest BCUT2D eigenvalue weighted by Gasteiger charge is 2.41. The number of hydrogen-bond donors (Lipinski definition) is 0. The molecule has 7 heteroatoms. The molecule has 0 amide bonds. The summed E-state index contributed by atoms with van der Waals surface area (Å²) in [5, 5.41) is 6.35. The highest BCUT2D eigenvalue weighted by molar-refractivity contribution is 6.20. The molecular weight excluding hydrogens is 1030 g/mol. The molecule has 0 aliphatic heterocycles. The highest BCUT2D eigenvalue weighted by atomic mass is 16.3. The van der Waals surface area contributed by atoms with E-state index < -0.39 is 5.41 Å². The van der Waals surface area contributed by atoms with Crippen molar-refractivity contribution < 1.29 is 13.3 Å². The molecule has 0 radical (unpaired) electrons. The van der Waals surface area contributed by atoms with E-state index in [-0.39, 0.29) is 10.8 Å². The molecular formula is C77H64N4O3. The average Bonchev–Trinajstić information content (AvgIpc) is 1.63. The summed E-state index contributed by atoms with van der Waals surface area (Å²) in [5.41, 5.74) is 21.4. The van der Waals surface area contributed by atoms with Crippen LogP contribution in [-0.4, -0.2) is 9.97 Å². The van der Waals surface area contributed by atoms with E-state index in [1.165, 1.54) is 16.7 Å². The maximum atomic E-state index is 7.29. The number of furan rings is 3. The lowest BCUT2D eigenvalue weighted by Crippen LogP contribution is -2.19. The van der Waals surface area contributed by atoms with E-state index in [1.807, 2.05) is 36.7 Å². The van der Waals surface area contributed by atoms with Gasteiger partial charge in [0.1, 0.15) is 45.1 Å². The summed E-state index contributed by atoms with van der Waals surface area (Å²) < 4.78 is 20.9. The van der Waals surface area contributed by atoms with E-state index in [9.17, 15) is 0 Å². The van der Waals surface area contributed by atoms with Gasteiger partial charge in [-0.15, -0.1) is 0 Å². The molecule has 15 rings (SSSR count). The molecule has 410 valence electrons. The summed E-state index contributed by atoms with van der Waals surface area (Å²) in [4.78, 5) is 15.6. The fourth-order valence-electron chi connectivity index (χ4n) is 13.2. The van der Waals surface area contributed by atoms with Gasteiger partial charge in [-0.3, -0.25) is 9.80 Å². The van der Waals surface area contributed by atoms with E-state index in [2.05, 4.69) is 249 Å². The van der Waals surface area contributed by atoms with Crippen LogP contribution in [0.2, 0.25) is 0 Å². The normalized spacial score (nSPS) is 13.2. The number of aryl methyl sites for hydroxylation is 2. The molecule has 0 spiro atoms. The van der Waals surface area contributed by atoms with Crippen LogP contribution >= 0.6 is 0 Å². The minimum Gasteiger partial charge on any atom is -0.455 e. The maximum Gasteiger partial charge on any atom is 0.145 e. The third kappa shape index (κ3) is 8.00. The van der Waals surface area contributed by atoms with Crippen LogP contribution < -0.4 is 9.80 Å². The standard InChI is InChI=1S/C77H64N4O3/c1-45-39-60(56-24-17-22-54-52-19-11-14-26-65(52)82-70(54)56)73(78-43-45)80(49-33-29-47(30-34-49)75(3,4)5)51-37-38-58-62(41-51)77(9,10)63-42-64(69-59-21-13-16-28-67(59)84-72(69)68(58)63)81(50-35-31-48(32-36-50)76(6,7)8)74-61(40-46(2)44-79-74)57-25-18-23-55-53-20-12-15-27-66(53)83-71(55)57/h11-44H,1-10H3. The summed E-state index contributed by atoms with van der Waals surface area (Å²) in [6.45, 7) is 22.5. The Balaban J connectivity index is 0.964. The van der Waals surface area contributed by atoms with Gasteiger partial charge in [-0.1, -0.05) is 177 Å². The molecule has 9 aromatic carbocycles. The molecule has 0 saturated carbocycles. The van der Waals surface area contributed by atoms with Crippen molar-refractivity contribution in [1.29, 1.82) is 0 Å². The largest absolute Gasteiger partial charge is 0.455 e. The van der Waals surface area contributed by atoms with Gasteiger partial charge in [0.2, 0.25) is 0 Å². The van der Waals surface area contributed by atoms with Crippen LogP contribution in [0.4, 0.5) is 34.4 Å². The van der Waals surface area contributed by atoms with Gasteiger partial charge in [-0.2, -0.15) is 0 Å². The lowest BCUT2D eigenvalue weighted by atomic mass is 9.81. The average molecular weight is 1090 g/mol. The molecule has 0 unspecified atom stereocenters. The van der Waals surface area contributed by atoms with E-state index >= 15 is 0 Å². The number of hydrogen-bond acceptors (Lipinski definition) is 7. The Morgan fingerprint density at radius 3 is 1.35 bits per heavy atom. The molecule has 5 aromatic heterocycles. The number of nitrogens with zero attached hydrogens (tertiary/aromatic N) is 4. The van der Waals surface area contributed by atoms with Gasteiger partial charge >= 0.3 is 0 Å². The Morgan fingerprint density at radius 2 is 0.821 bits per heavy atom. The van der Waals surface area contributed by atoms with Crippen molar-refractivity contribution in [2.45, 2.75) is 85.5 Å². The van der Waals surface area contributed by atoms with Gasteiger partial charge in [0.05, 0.1) is 11.1 Å². The first-order valence-electron chi connectivity index (χ1n) is 29.2. The highest BCUT2D eigenvalue weighted by Crippen LogP contribution is 2.58. The third-order valence-electron chi connectivity index (χ3n) is 17.5. The summed E-state index contributed by atoms with van der Waals surface area (Å²) >= 11 is 0.